The number of hydrogen-bond acceptors (Lipinski definition) is 5. The van der Waals surface area contributed by atoms with Crippen LogP contribution < -0.4 is 5.73 Å². The van der Waals surface area contributed by atoms with Gasteiger partial charge in [-0.05, 0) is 30.5 Å². The van der Waals surface area contributed by atoms with Crippen molar-refractivity contribution in [1.29, 1.82) is 0 Å². The molecule has 1 aliphatic rings. The largest absolute Gasteiger partial charge is 0.340 e. The Balaban J connectivity index is 0.00000208. The fraction of sp³-hybridized carbons (Fsp3) is 0.500. The predicted octanol–water partition coefficient (Wildman–Crippen LogP) is 1.27. The molecule has 0 spiro atoms. The van der Waals surface area contributed by atoms with Crippen LogP contribution in [0.3, 0.4) is 0 Å². The van der Waals surface area contributed by atoms with E-state index in [1.807, 2.05) is 36.1 Å². The third-order valence-corrected chi connectivity index (χ3v) is 4.44. The highest BCUT2D eigenvalue weighted by molar-refractivity contribution is 5.85. The number of likely N-dealkylation sites (tertiary alicyclic amines) is 1. The van der Waals surface area contributed by atoms with Crippen molar-refractivity contribution in [3.63, 3.8) is 0 Å². The number of nitrogens with zero attached hydrogens (tertiary/aromatic N) is 5. The normalized spacial score (nSPS) is 20.0. The molecule has 2 aromatic rings. The smallest absolute Gasteiger partial charge is 0.246 e. The minimum atomic E-state index is 0. The van der Waals surface area contributed by atoms with E-state index in [1.54, 1.807) is 0 Å². The molecule has 2 heterocycles. The number of benzene rings is 1. The van der Waals surface area contributed by atoms with Crippen LogP contribution >= 0.6 is 12.4 Å². The van der Waals surface area contributed by atoms with Crippen LogP contribution in [0.4, 0.5) is 0 Å². The van der Waals surface area contributed by atoms with Gasteiger partial charge in [0.25, 0.3) is 0 Å². The molecule has 8 heteroatoms. The summed E-state index contributed by atoms with van der Waals surface area (Å²) in [5.74, 6) is 0.543. The minimum Gasteiger partial charge on any atom is -0.340 e. The maximum Gasteiger partial charge on any atom is 0.246 e. The van der Waals surface area contributed by atoms with Gasteiger partial charge in [-0.2, -0.15) is 4.80 Å². The van der Waals surface area contributed by atoms with Gasteiger partial charge in [-0.1, -0.05) is 36.8 Å². The van der Waals surface area contributed by atoms with Crippen LogP contribution in [0.15, 0.2) is 24.3 Å². The van der Waals surface area contributed by atoms with Gasteiger partial charge in [0.15, 0.2) is 0 Å². The number of hydrogen-bond donors (Lipinski definition) is 1. The summed E-state index contributed by atoms with van der Waals surface area (Å²) in [4.78, 5) is 15.6. The topological polar surface area (TPSA) is 89.9 Å². The first kappa shape index (κ1) is 18.4. The molecule has 1 aromatic carbocycles. The SMILES string of the molecule is Cc1ccc(-c2nnn(CC(=O)N3CCC(C)(CN)C3)n2)cc1.Cl. The summed E-state index contributed by atoms with van der Waals surface area (Å²) in [5.41, 5.74) is 7.88. The first-order valence-corrected chi connectivity index (χ1v) is 7.82. The molecule has 130 valence electrons. The maximum absolute atomic E-state index is 12.4. The van der Waals surface area contributed by atoms with Crippen LogP contribution in [0.2, 0.25) is 0 Å². The number of tetrazole rings is 1. The first-order valence-electron chi connectivity index (χ1n) is 7.82. The molecule has 1 aliphatic heterocycles. The maximum atomic E-state index is 12.4. The predicted molar refractivity (Wildman–Crippen MR) is 93.6 cm³/mol. The Hall–Kier alpha value is -1.99. The van der Waals surface area contributed by atoms with Crippen LogP contribution in [0, 0.1) is 12.3 Å². The lowest BCUT2D eigenvalue weighted by atomic mass is 9.90. The average molecular weight is 351 g/mol. The zero-order valence-corrected chi connectivity index (χ0v) is 14.8. The highest BCUT2D eigenvalue weighted by Crippen LogP contribution is 2.28. The molecule has 1 fully saturated rings. The third-order valence-electron chi connectivity index (χ3n) is 4.44. The molecular weight excluding hydrogens is 328 g/mol. The van der Waals surface area contributed by atoms with Gasteiger partial charge in [-0.3, -0.25) is 4.79 Å². The Bertz CT molecular complexity index is 701. The summed E-state index contributed by atoms with van der Waals surface area (Å²) in [6.45, 7) is 6.28. The second kappa shape index (κ2) is 7.27. The highest BCUT2D eigenvalue weighted by Gasteiger charge is 2.34. The molecule has 0 saturated carbocycles. The summed E-state index contributed by atoms with van der Waals surface area (Å²) in [6, 6.07) is 7.90. The summed E-state index contributed by atoms with van der Waals surface area (Å²) in [6.07, 6.45) is 0.939. The van der Waals surface area contributed by atoms with E-state index in [0.717, 1.165) is 18.5 Å². The third kappa shape index (κ3) is 3.91. The standard InChI is InChI=1S/C16H22N6O.ClH/c1-12-3-5-13(6-4-12)15-18-20-22(19-15)9-14(23)21-8-7-16(2,10-17)11-21;/h3-6H,7-11,17H2,1-2H3;1H. The van der Waals surface area contributed by atoms with E-state index < -0.39 is 0 Å². The Kier molecular flexibility index (Phi) is 5.56. The molecular formula is C16H23ClN6O. The number of aryl methyl sites for hydroxylation is 1. The zero-order valence-electron chi connectivity index (χ0n) is 14.0. The summed E-state index contributed by atoms with van der Waals surface area (Å²) in [5, 5.41) is 12.3. The summed E-state index contributed by atoms with van der Waals surface area (Å²) in [7, 11) is 0. The van der Waals surface area contributed by atoms with Crippen molar-refractivity contribution in [1.82, 2.24) is 25.1 Å². The van der Waals surface area contributed by atoms with Gasteiger partial charge in [0.1, 0.15) is 6.54 Å². The van der Waals surface area contributed by atoms with Crippen LogP contribution in [-0.2, 0) is 11.3 Å². The Labute approximate surface area is 147 Å². The van der Waals surface area contributed by atoms with E-state index in [2.05, 4.69) is 22.3 Å². The lowest BCUT2D eigenvalue weighted by Gasteiger charge is -2.22. The number of nitrogens with two attached hydrogens (primary N) is 1. The molecule has 1 amide bonds. The van der Waals surface area contributed by atoms with Crippen molar-refractivity contribution in [3.8, 4) is 11.4 Å². The van der Waals surface area contributed by atoms with Gasteiger partial charge in [0.2, 0.25) is 11.7 Å². The van der Waals surface area contributed by atoms with Crippen LogP contribution in [0.5, 0.6) is 0 Å². The van der Waals surface area contributed by atoms with Gasteiger partial charge in [-0.15, -0.1) is 22.6 Å². The van der Waals surface area contributed by atoms with Crippen molar-refractivity contribution in [2.75, 3.05) is 19.6 Å². The number of amides is 1. The summed E-state index contributed by atoms with van der Waals surface area (Å²) < 4.78 is 0. The summed E-state index contributed by atoms with van der Waals surface area (Å²) >= 11 is 0. The highest BCUT2D eigenvalue weighted by atomic mass is 35.5. The fourth-order valence-corrected chi connectivity index (χ4v) is 2.75. The van der Waals surface area contributed by atoms with Crippen molar-refractivity contribution in [3.05, 3.63) is 29.8 Å². The van der Waals surface area contributed by atoms with E-state index in [-0.39, 0.29) is 30.3 Å². The van der Waals surface area contributed by atoms with Gasteiger partial charge < -0.3 is 10.6 Å². The second-order valence-corrected chi connectivity index (χ2v) is 6.59. The molecule has 1 atom stereocenters. The Morgan fingerprint density at radius 2 is 2.04 bits per heavy atom. The lowest BCUT2D eigenvalue weighted by Crippen LogP contribution is -2.36. The van der Waals surface area contributed by atoms with Gasteiger partial charge in [0.05, 0.1) is 0 Å². The number of carbonyl (C=O) groups is 1. The van der Waals surface area contributed by atoms with E-state index in [4.69, 9.17) is 5.73 Å². The molecule has 3 rings (SSSR count). The molecule has 0 radical (unpaired) electrons. The number of carbonyl (C=O) groups excluding carboxylic acids is 1. The average Bonchev–Trinajstić information content (AvgIpc) is 3.16. The van der Waals surface area contributed by atoms with Crippen LogP contribution in [0.25, 0.3) is 11.4 Å². The molecule has 24 heavy (non-hydrogen) atoms. The van der Waals surface area contributed by atoms with Gasteiger partial charge in [-0.25, -0.2) is 0 Å². The molecule has 1 unspecified atom stereocenters. The van der Waals surface area contributed by atoms with Crippen molar-refractivity contribution in [2.45, 2.75) is 26.8 Å². The molecule has 7 nitrogen and oxygen atoms in total. The van der Waals surface area contributed by atoms with E-state index in [0.29, 0.717) is 18.9 Å². The Morgan fingerprint density at radius 3 is 2.67 bits per heavy atom. The van der Waals surface area contributed by atoms with E-state index in [1.165, 1.54) is 10.4 Å². The van der Waals surface area contributed by atoms with Crippen molar-refractivity contribution < 1.29 is 4.79 Å². The van der Waals surface area contributed by atoms with Crippen LogP contribution in [0.1, 0.15) is 18.9 Å². The minimum absolute atomic E-state index is 0. The number of rotatable bonds is 4. The van der Waals surface area contributed by atoms with Crippen molar-refractivity contribution in [2.24, 2.45) is 11.1 Å². The fourth-order valence-electron chi connectivity index (χ4n) is 2.75. The molecule has 2 N–H and O–H groups in total. The Morgan fingerprint density at radius 1 is 1.33 bits per heavy atom. The van der Waals surface area contributed by atoms with Gasteiger partial charge in [0, 0.05) is 18.7 Å². The second-order valence-electron chi connectivity index (χ2n) is 6.59. The number of aromatic nitrogens is 4. The zero-order chi connectivity index (χ0) is 16.4. The molecule has 0 aliphatic carbocycles. The molecule has 1 aromatic heterocycles. The van der Waals surface area contributed by atoms with E-state index >= 15 is 0 Å². The van der Waals surface area contributed by atoms with Crippen molar-refractivity contribution >= 4 is 18.3 Å². The van der Waals surface area contributed by atoms with Crippen LogP contribution in [-0.4, -0.2) is 50.6 Å². The monoisotopic (exact) mass is 350 g/mol. The molecule has 1 saturated heterocycles. The first-order chi connectivity index (χ1) is 11.0. The number of halogens is 1. The molecule has 0 bridgehead atoms. The quantitative estimate of drug-likeness (QED) is 0.896. The lowest BCUT2D eigenvalue weighted by molar-refractivity contribution is -0.131. The van der Waals surface area contributed by atoms with Gasteiger partial charge >= 0.3 is 0 Å². The van der Waals surface area contributed by atoms with E-state index in [9.17, 15) is 4.79 Å².